The number of nitrogens with zero attached hydrogens (tertiary/aromatic N) is 1. The highest BCUT2D eigenvalue weighted by Crippen LogP contribution is 2.21. The van der Waals surface area contributed by atoms with Crippen molar-refractivity contribution in [3.63, 3.8) is 0 Å². The summed E-state index contributed by atoms with van der Waals surface area (Å²) in [6.45, 7) is 1.78. The normalized spacial score (nSPS) is 10.5. The maximum Gasteiger partial charge on any atom is 0.303 e. The van der Waals surface area contributed by atoms with Gasteiger partial charge in [0.05, 0.1) is 24.2 Å². The van der Waals surface area contributed by atoms with E-state index >= 15 is 0 Å². The number of aryl methyl sites for hydroxylation is 2. The number of carbonyl (C=O) groups excluding carboxylic acids is 1. The van der Waals surface area contributed by atoms with Gasteiger partial charge in [0.15, 0.2) is 0 Å². The molecule has 0 atom stereocenters. The average Bonchev–Trinajstić information content (AvgIpc) is 2.79. The molecule has 0 unspecified atom stereocenters. The third-order valence-corrected chi connectivity index (χ3v) is 4.18. The van der Waals surface area contributed by atoms with Crippen molar-refractivity contribution in [3.8, 4) is 0 Å². The molecule has 2 rings (SSSR count). The van der Waals surface area contributed by atoms with Crippen LogP contribution in [0.3, 0.4) is 0 Å². The maximum atomic E-state index is 13.4. The van der Waals surface area contributed by atoms with Crippen molar-refractivity contribution in [1.82, 2.24) is 4.98 Å². The number of amides is 1. The third-order valence-electron chi connectivity index (χ3n) is 2.96. The fourth-order valence-electron chi connectivity index (χ4n) is 1.91. The molecule has 1 aromatic heterocycles. The predicted molar refractivity (Wildman–Crippen MR) is 81.5 cm³/mol. The Balaban J connectivity index is 1.98. The average molecular weight is 322 g/mol. The first-order valence-corrected chi connectivity index (χ1v) is 7.48. The van der Waals surface area contributed by atoms with Crippen LogP contribution in [0.1, 0.15) is 22.0 Å². The van der Waals surface area contributed by atoms with Crippen LogP contribution < -0.4 is 5.32 Å². The zero-order valence-electron chi connectivity index (χ0n) is 11.9. The van der Waals surface area contributed by atoms with Crippen molar-refractivity contribution < 1.29 is 19.1 Å². The van der Waals surface area contributed by atoms with E-state index in [9.17, 15) is 14.0 Å². The first-order valence-electron chi connectivity index (χ1n) is 6.67. The van der Waals surface area contributed by atoms with E-state index in [0.717, 1.165) is 10.6 Å². The van der Waals surface area contributed by atoms with Gasteiger partial charge in [0.2, 0.25) is 5.91 Å². The quantitative estimate of drug-likeness (QED) is 0.857. The number of carbonyl (C=O) groups is 2. The van der Waals surface area contributed by atoms with Crippen LogP contribution >= 0.6 is 11.3 Å². The Morgan fingerprint density at radius 3 is 2.77 bits per heavy atom. The second-order valence-corrected chi connectivity index (χ2v) is 5.88. The fraction of sp³-hybridized carbons (Fsp3) is 0.267. The van der Waals surface area contributed by atoms with E-state index in [2.05, 4.69) is 10.3 Å². The predicted octanol–water partition coefficient (Wildman–Crippen LogP) is 2.79. The molecule has 2 N–H and O–H groups in total. The highest BCUT2D eigenvalue weighted by molar-refractivity contribution is 7.11. The highest BCUT2D eigenvalue weighted by Gasteiger charge is 2.13. The number of carboxylic acid groups (broad SMARTS) is 1. The zero-order valence-corrected chi connectivity index (χ0v) is 12.7. The molecule has 0 spiro atoms. The van der Waals surface area contributed by atoms with Crippen LogP contribution in [0.4, 0.5) is 10.1 Å². The lowest BCUT2D eigenvalue weighted by molar-refractivity contribution is -0.136. The molecule has 0 aliphatic rings. The van der Waals surface area contributed by atoms with Gasteiger partial charge in [0, 0.05) is 4.88 Å². The number of aromatic nitrogens is 1. The molecule has 7 heteroatoms. The smallest absolute Gasteiger partial charge is 0.303 e. The Morgan fingerprint density at radius 2 is 2.09 bits per heavy atom. The Morgan fingerprint density at radius 1 is 1.36 bits per heavy atom. The van der Waals surface area contributed by atoms with Crippen LogP contribution in [0.2, 0.25) is 0 Å². The van der Waals surface area contributed by atoms with E-state index in [1.165, 1.54) is 23.5 Å². The molecule has 0 saturated carbocycles. The van der Waals surface area contributed by atoms with E-state index in [1.807, 2.05) is 0 Å². The van der Waals surface area contributed by atoms with Gasteiger partial charge in [-0.25, -0.2) is 9.37 Å². The van der Waals surface area contributed by atoms with Crippen LogP contribution in [0.25, 0.3) is 0 Å². The molecule has 22 heavy (non-hydrogen) atoms. The zero-order chi connectivity index (χ0) is 16.1. The number of nitrogens with one attached hydrogen (secondary N) is 1. The van der Waals surface area contributed by atoms with Crippen molar-refractivity contribution in [3.05, 3.63) is 45.7 Å². The van der Waals surface area contributed by atoms with Crippen molar-refractivity contribution in [1.29, 1.82) is 0 Å². The summed E-state index contributed by atoms with van der Waals surface area (Å²) in [6, 6.07) is 5.94. The SMILES string of the molecule is Cc1nc(CC(=O)Nc2ccccc2F)sc1CCC(=O)O. The summed E-state index contributed by atoms with van der Waals surface area (Å²) in [7, 11) is 0. The minimum Gasteiger partial charge on any atom is -0.481 e. The molecular weight excluding hydrogens is 307 g/mol. The summed E-state index contributed by atoms with van der Waals surface area (Å²) >= 11 is 1.32. The second kappa shape index (κ2) is 7.13. The number of anilines is 1. The number of para-hydroxylation sites is 1. The van der Waals surface area contributed by atoms with Crippen LogP contribution in [-0.4, -0.2) is 22.0 Å². The Hall–Kier alpha value is -2.28. The first kappa shape index (κ1) is 16.1. The number of carboxylic acids is 1. The standard InChI is InChI=1S/C15H15FN2O3S/c1-9-12(6-7-15(20)21)22-14(17-9)8-13(19)18-11-5-3-2-4-10(11)16/h2-5H,6-8H2,1H3,(H,18,19)(H,20,21). The lowest BCUT2D eigenvalue weighted by Crippen LogP contribution is -2.15. The number of thiazole rings is 1. The number of hydrogen-bond acceptors (Lipinski definition) is 4. The number of benzene rings is 1. The molecule has 0 radical (unpaired) electrons. The molecule has 5 nitrogen and oxygen atoms in total. The van der Waals surface area contributed by atoms with Crippen LogP contribution in [0, 0.1) is 12.7 Å². The van der Waals surface area contributed by atoms with Gasteiger partial charge in [-0.1, -0.05) is 12.1 Å². The van der Waals surface area contributed by atoms with Crippen molar-refractivity contribution >= 4 is 28.9 Å². The summed E-state index contributed by atoms with van der Waals surface area (Å²) in [5.74, 6) is -1.72. The molecule has 0 saturated heterocycles. The Labute approximate surface area is 130 Å². The summed E-state index contributed by atoms with van der Waals surface area (Å²) in [5, 5.41) is 11.8. The van der Waals surface area contributed by atoms with Gasteiger partial charge in [0.25, 0.3) is 0 Å². The molecule has 0 aliphatic heterocycles. The number of halogens is 1. The molecule has 0 bridgehead atoms. The van der Waals surface area contributed by atoms with Gasteiger partial charge in [0.1, 0.15) is 10.8 Å². The summed E-state index contributed by atoms with van der Waals surface area (Å²) < 4.78 is 13.4. The van der Waals surface area contributed by atoms with E-state index < -0.39 is 11.8 Å². The van der Waals surface area contributed by atoms with Crippen molar-refractivity contribution in [2.24, 2.45) is 0 Å². The molecule has 1 amide bonds. The molecule has 1 aromatic carbocycles. The van der Waals surface area contributed by atoms with Crippen molar-refractivity contribution in [2.45, 2.75) is 26.2 Å². The van der Waals surface area contributed by atoms with Gasteiger partial charge >= 0.3 is 5.97 Å². The fourth-order valence-corrected chi connectivity index (χ4v) is 2.98. The van der Waals surface area contributed by atoms with E-state index in [1.54, 1.807) is 19.1 Å². The minimum atomic E-state index is -0.869. The second-order valence-electron chi connectivity index (χ2n) is 4.71. The van der Waals surface area contributed by atoms with Gasteiger partial charge in [-0.15, -0.1) is 11.3 Å². The summed E-state index contributed by atoms with van der Waals surface area (Å²) in [4.78, 5) is 27.6. The van der Waals surface area contributed by atoms with Gasteiger partial charge in [-0.05, 0) is 25.5 Å². The topological polar surface area (TPSA) is 79.3 Å². The molecular formula is C15H15FN2O3S. The van der Waals surface area contributed by atoms with Gasteiger partial charge in [-0.2, -0.15) is 0 Å². The van der Waals surface area contributed by atoms with Crippen LogP contribution in [-0.2, 0) is 22.4 Å². The van der Waals surface area contributed by atoms with E-state index in [4.69, 9.17) is 5.11 Å². The van der Waals surface area contributed by atoms with E-state index in [-0.39, 0.29) is 24.4 Å². The largest absolute Gasteiger partial charge is 0.481 e. The number of rotatable bonds is 6. The monoisotopic (exact) mass is 322 g/mol. The van der Waals surface area contributed by atoms with E-state index in [0.29, 0.717) is 11.4 Å². The maximum absolute atomic E-state index is 13.4. The minimum absolute atomic E-state index is 0.0316. The van der Waals surface area contributed by atoms with Gasteiger partial charge in [-0.3, -0.25) is 9.59 Å². The highest BCUT2D eigenvalue weighted by atomic mass is 32.1. The molecule has 2 aromatic rings. The summed E-state index contributed by atoms with van der Waals surface area (Å²) in [6.07, 6.45) is 0.463. The van der Waals surface area contributed by atoms with Gasteiger partial charge < -0.3 is 10.4 Å². The van der Waals surface area contributed by atoms with Crippen LogP contribution in [0.5, 0.6) is 0 Å². The number of hydrogen-bond donors (Lipinski definition) is 2. The first-order chi connectivity index (χ1) is 10.5. The molecule has 0 fully saturated rings. The third kappa shape index (κ3) is 4.36. The lowest BCUT2D eigenvalue weighted by Gasteiger charge is -2.04. The lowest BCUT2D eigenvalue weighted by atomic mass is 10.2. The summed E-state index contributed by atoms with van der Waals surface area (Å²) in [5.41, 5.74) is 0.867. The molecule has 0 aliphatic carbocycles. The molecule has 1 heterocycles. The molecule has 116 valence electrons. The van der Waals surface area contributed by atoms with Crippen molar-refractivity contribution in [2.75, 3.05) is 5.32 Å². The Bertz CT molecular complexity index is 700. The van der Waals surface area contributed by atoms with Crippen LogP contribution in [0.15, 0.2) is 24.3 Å². The number of aliphatic carboxylic acids is 1. The Kier molecular flexibility index (Phi) is 5.21.